The van der Waals surface area contributed by atoms with Crippen LogP contribution in [0.3, 0.4) is 0 Å². The Morgan fingerprint density at radius 2 is 1.86 bits per heavy atom. The van der Waals surface area contributed by atoms with Crippen LogP contribution in [-0.4, -0.2) is 37.6 Å². The molecule has 1 heterocycles. The lowest BCUT2D eigenvalue weighted by atomic mass is 9.99. The van der Waals surface area contributed by atoms with Gasteiger partial charge in [0, 0.05) is 13.5 Å². The zero-order valence-corrected chi connectivity index (χ0v) is 17.0. The molecule has 0 amide bonds. The first-order valence-corrected chi connectivity index (χ1v) is 11.0. The van der Waals surface area contributed by atoms with Crippen LogP contribution in [0.2, 0.25) is 0 Å². The van der Waals surface area contributed by atoms with Gasteiger partial charge in [-0.15, -0.1) is 0 Å². The highest BCUT2D eigenvalue weighted by Gasteiger charge is 2.37. The van der Waals surface area contributed by atoms with Crippen molar-refractivity contribution in [3.8, 4) is 5.75 Å². The highest BCUT2D eigenvalue weighted by atomic mass is 32.2. The van der Waals surface area contributed by atoms with E-state index in [1.54, 1.807) is 7.11 Å². The van der Waals surface area contributed by atoms with Crippen molar-refractivity contribution in [2.45, 2.75) is 36.8 Å². The van der Waals surface area contributed by atoms with Crippen molar-refractivity contribution in [3.05, 3.63) is 42.0 Å². The quantitative estimate of drug-likeness (QED) is 0.238. The van der Waals surface area contributed by atoms with E-state index in [4.69, 9.17) is 22.4 Å². The molecular formula is C18H21F3O5S2. The molecule has 1 aliphatic rings. The van der Waals surface area contributed by atoms with Crippen LogP contribution in [0.5, 0.6) is 5.75 Å². The normalized spacial score (nSPS) is 18.4. The van der Waals surface area contributed by atoms with E-state index < -0.39 is 15.6 Å². The van der Waals surface area contributed by atoms with Crippen LogP contribution in [0.25, 0.3) is 10.8 Å². The molecule has 0 bridgehead atoms. The number of methoxy groups -OCH3 is 1. The number of halogens is 3. The molecule has 2 unspecified atom stereocenters. The molecule has 0 aliphatic carbocycles. The predicted octanol–water partition coefficient (Wildman–Crippen LogP) is 3.91. The van der Waals surface area contributed by atoms with E-state index >= 15 is 0 Å². The van der Waals surface area contributed by atoms with Gasteiger partial charge in [0.1, 0.15) is 16.8 Å². The number of hydrogen-bond donors (Lipinski definition) is 0. The van der Waals surface area contributed by atoms with Gasteiger partial charge >= 0.3 is 5.51 Å². The number of benzene rings is 2. The second-order valence-electron chi connectivity index (χ2n) is 6.08. The van der Waals surface area contributed by atoms with Crippen LogP contribution in [0.15, 0.2) is 36.4 Å². The van der Waals surface area contributed by atoms with Crippen LogP contribution in [0.1, 0.15) is 30.6 Å². The fourth-order valence-corrected chi connectivity index (χ4v) is 4.30. The highest BCUT2D eigenvalue weighted by Crippen LogP contribution is 2.40. The number of ether oxygens (including phenoxy) is 2. The fourth-order valence-electron chi connectivity index (χ4n) is 2.81. The van der Waals surface area contributed by atoms with Crippen molar-refractivity contribution in [2.24, 2.45) is 0 Å². The number of alkyl halides is 3. The molecular weight excluding hydrogens is 417 g/mol. The Morgan fingerprint density at radius 1 is 1.21 bits per heavy atom. The van der Waals surface area contributed by atoms with Crippen molar-refractivity contribution in [2.75, 3.05) is 12.9 Å². The first-order valence-electron chi connectivity index (χ1n) is 8.44. The summed E-state index contributed by atoms with van der Waals surface area (Å²) in [5.74, 6) is 2.28. The summed E-state index contributed by atoms with van der Waals surface area (Å²) >= 11 is 1.53. The van der Waals surface area contributed by atoms with E-state index in [1.165, 1.54) is 46.7 Å². The maximum Gasteiger partial charge on any atom is 0.485 e. The van der Waals surface area contributed by atoms with Crippen LogP contribution in [0.4, 0.5) is 13.2 Å². The Labute approximate surface area is 166 Å². The molecule has 2 aromatic rings. The molecule has 5 nitrogen and oxygen atoms in total. The zero-order chi connectivity index (χ0) is 20.9. The lowest BCUT2D eigenvalue weighted by molar-refractivity contribution is -0.0518. The predicted molar refractivity (Wildman–Crippen MR) is 102 cm³/mol. The number of thiol groups is 1. The average molecular weight is 438 g/mol. The summed E-state index contributed by atoms with van der Waals surface area (Å²) in [6.45, 7) is 1.94. The van der Waals surface area contributed by atoms with E-state index in [0.29, 0.717) is 5.25 Å². The van der Waals surface area contributed by atoms with Gasteiger partial charge in [0.2, 0.25) is 0 Å². The van der Waals surface area contributed by atoms with Crippen molar-refractivity contribution >= 4 is 32.7 Å². The molecule has 0 N–H and O–H groups in total. The molecule has 2 aromatic carbocycles. The summed E-state index contributed by atoms with van der Waals surface area (Å²) in [5, 5.41) is 3.22. The molecule has 0 aromatic heterocycles. The number of fused-ring (bicyclic) bond motifs is 1. The average Bonchev–Trinajstić information content (AvgIpc) is 3.14. The van der Waals surface area contributed by atoms with Gasteiger partial charge < -0.3 is 14.0 Å². The van der Waals surface area contributed by atoms with Crippen molar-refractivity contribution in [1.82, 2.24) is 0 Å². The summed E-state index contributed by atoms with van der Waals surface area (Å²) in [5.41, 5.74) is -4.28. The molecule has 0 radical (unpaired) electrons. The maximum atomic E-state index is 10.7. The van der Waals surface area contributed by atoms with Crippen LogP contribution in [-0.2, 0) is 26.6 Å². The van der Waals surface area contributed by atoms with Crippen LogP contribution >= 0.6 is 0 Å². The highest BCUT2D eigenvalue weighted by molar-refractivity contribution is 7.86. The van der Waals surface area contributed by atoms with E-state index in [1.807, 2.05) is 6.92 Å². The SMILES string of the molecule is COC(C)Oc1ccc2ccccc2c1C1CCC[SH+]1.O=S(=O)([O-])C(F)(F)F. The van der Waals surface area contributed by atoms with E-state index in [9.17, 15) is 13.2 Å². The molecule has 1 fully saturated rings. The van der Waals surface area contributed by atoms with E-state index in [-0.39, 0.29) is 6.29 Å². The van der Waals surface area contributed by atoms with Crippen molar-refractivity contribution in [1.29, 1.82) is 0 Å². The molecule has 1 saturated heterocycles. The van der Waals surface area contributed by atoms with Gasteiger partial charge in [0.25, 0.3) is 0 Å². The molecule has 156 valence electrons. The van der Waals surface area contributed by atoms with Crippen LogP contribution in [0, 0.1) is 0 Å². The van der Waals surface area contributed by atoms with Gasteiger partial charge in [-0.25, -0.2) is 8.42 Å². The van der Waals surface area contributed by atoms with Gasteiger partial charge in [-0.2, -0.15) is 13.2 Å². The first kappa shape index (κ1) is 22.8. The third kappa shape index (κ3) is 5.76. The topological polar surface area (TPSA) is 75.7 Å². The van der Waals surface area contributed by atoms with Gasteiger partial charge in [-0.1, -0.05) is 30.3 Å². The monoisotopic (exact) mass is 438 g/mol. The number of rotatable bonds is 4. The molecule has 3 rings (SSSR count). The van der Waals surface area contributed by atoms with E-state index in [2.05, 4.69) is 36.4 Å². The molecule has 28 heavy (non-hydrogen) atoms. The maximum absolute atomic E-state index is 10.7. The molecule has 0 spiro atoms. The summed E-state index contributed by atoms with van der Waals surface area (Å²) in [6, 6.07) is 12.8. The van der Waals surface area contributed by atoms with Gasteiger partial charge in [-0.3, -0.25) is 0 Å². The zero-order valence-electron chi connectivity index (χ0n) is 15.3. The second kappa shape index (κ2) is 9.34. The molecule has 0 saturated carbocycles. The lowest BCUT2D eigenvalue weighted by Gasteiger charge is -2.18. The van der Waals surface area contributed by atoms with Crippen molar-refractivity contribution in [3.63, 3.8) is 0 Å². The Morgan fingerprint density at radius 3 is 2.39 bits per heavy atom. The summed E-state index contributed by atoms with van der Waals surface area (Å²) in [7, 11) is -4.41. The Balaban J connectivity index is 0.000000300. The summed E-state index contributed by atoms with van der Waals surface area (Å²) < 4.78 is 70.2. The first-order chi connectivity index (χ1) is 13.0. The summed E-state index contributed by atoms with van der Waals surface area (Å²) in [6.07, 6.45) is 2.36. The second-order valence-corrected chi connectivity index (χ2v) is 8.89. The van der Waals surface area contributed by atoms with Gasteiger partial charge in [-0.05, 0) is 41.9 Å². The minimum atomic E-state index is -6.09. The summed E-state index contributed by atoms with van der Waals surface area (Å²) in [4.78, 5) is 0. The molecule has 10 heteroatoms. The largest absolute Gasteiger partial charge is 0.741 e. The van der Waals surface area contributed by atoms with Crippen LogP contribution < -0.4 is 4.74 Å². The Bertz CT molecular complexity index is 894. The third-order valence-electron chi connectivity index (χ3n) is 4.16. The smallest absolute Gasteiger partial charge is 0.485 e. The van der Waals surface area contributed by atoms with Gasteiger partial charge in [0.05, 0.1) is 5.56 Å². The minimum absolute atomic E-state index is 0.215. The lowest BCUT2D eigenvalue weighted by Crippen LogP contribution is -2.21. The molecule has 1 aliphatic heterocycles. The number of hydrogen-bond acceptors (Lipinski definition) is 5. The van der Waals surface area contributed by atoms with Gasteiger partial charge in [0.15, 0.2) is 16.4 Å². The Kier molecular flexibility index (Phi) is 7.60. The van der Waals surface area contributed by atoms with E-state index in [0.717, 1.165) is 5.75 Å². The minimum Gasteiger partial charge on any atom is -0.741 e. The molecule has 2 atom stereocenters. The standard InChI is InChI=1S/C17H20O2S.CHF3O3S/c1-12(18-2)19-15-10-9-13-6-3-4-7-14(13)17(15)16-8-5-11-20-16;2-1(3,4)8(5,6)7/h3-4,6-7,9-10,12,16H,5,8,11H2,1-2H3;(H,5,6,7). The fraction of sp³-hybridized carbons (Fsp3) is 0.444. The Hall–Kier alpha value is -1.49. The third-order valence-corrected chi connectivity index (χ3v) is 6.26. The van der Waals surface area contributed by atoms with Crippen molar-refractivity contribution < 1.29 is 35.6 Å².